The first-order chi connectivity index (χ1) is 8.34. The Bertz CT molecular complexity index is 404. The van der Waals surface area contributed by atoms with E-state index in [9.17, 15) is 18.0 Å². The van der Waals surface area contributed by atoms with E-state index in [2.05, 4.69) is 10.3 Å². The number of ether oxygens (including phenoxy) is 1. The molecule has 0 saturated heterocycles. The van der Waals surface area contributed by atoms with Gasteiger partial charge in [-0.25, -0.2) is 0 Å². The van der Waals surface area contributed by atoms with E-state index in [0.717, 1.165) is 18.3 Å². The predicted molar refractivity (Wildman–Crippen MR) is 58.0 cm³/mol. The van der Waals surface area contributed by atoms with Crippen molar-refractivity contribution >= 4 is 5.91 Å². The lowest BCUT2D eigenvalue weighted by Crippen LogP contribution is -2.35. The molecule has 0 aliphatic carbocycles. The van der Waals surface area contributed by atoms with Gasteiger partial charge in [0.05, 0.1) is 12.2 Å². The summed E-state index contributed by atoms with van der Waals surface area (Å²) in [5.74, 6) is -0.485. The van der Waals surface area contributed by atoms with Crippen LogP contribution in [0, 0.1) is 0 Å². The molecule has 0 aliphatic heterocycles. The van der Waals surface area contributed by atoms with E-state index in [1.54, 1.807) is 6.92 Å². The van der Waals surface area contributed by atoms with Gasteiger partial charge in [0.2, 0.25) is 0 Å². The van der Waals surface area contributed by atoms with Crippen molar-refractivity contribution in [1.29, 1.82) is 0 Å². The summed E-state index contributed by atoms with van der Waals surface area (Å²) < 4.78 is 41.6. The van der Waals surface area contributed by atoms with Gasteiger partial charge in [-0.2, -0.15) is 13.2 Å². The molecule has 0 radical (unpaired) electrons. The number of pyridine rings is 1. The summed E-state index contributed by atoms with van der Waals surface area (Å²) in [6.07, 6.45) is -3.60. The molecule has 4 nitrogen and oxygen atoms in total. The van der Waals surface area contributed by atoms with E-state index in [1.807, 2.05) is 0 Å². The molecule has 0 spiro atoms. The van der Waals surface area contributed by atoms with Crippen LogP contribution in [0.3, 0.4) is 0 Å². The van der Waals surface area contributed by atoms with Crippen LogP contribution in [0.4, 0.5) is 13.2 Å². The Labute approximate surface area is 102 Å². The smallest absolute Gasteiger partial charge is 0.383 e. The highest BCUT2D eigenvalue weighted by molar-refractivity contribution is 5.94. The third kappa shape index (κ3) is 3.99. The molecule has 1 rings (SSSR count). The highest BCUT2D eigenvalue weighted by atomic mass is 19.4. The highest BCUT2D eigenvalue weighted by Gasteiger charge is 2.32. The molecule has 0 fully saturated rings. The number of alkyl halides is 3. The minimum absolute atomic E-state index is 0.0750. The van der Waals surface area contributed by atoms with Crippen molar-refractivity contribution in [2.24, 2.45) is 0 Å². The minimum Gasteiger partial charge on any atom is -0.383 e. The summed E-state index contributed by atoms with van der Waals surface area (Å²) in [4.78, 5) is 14.8. The molecule has 1 heterocycles. The fourth-order valence-electron chi connectivity index (χ4n) is 1.29. The van der Waals surface area contributed by atoms with Crippen molar-refractivity contribution in [1.82, 2.24) is 10.3 Å². The Morgan fingerprint density at radius 3 is 2.61 bits per heavy atom. The SMILES string of the molecule is COC[C@H](C)NC(=O)c1ccc(C(F)(F)F)nc1. The molecule has 100 valence electrons. The topological polar surface area (TPSA) is 51.2 Å². The van der Waals surface area contributed by atoms with Gasteiger partial charge in [-0.1, -0.05) is 0 Å². The second-order valence-corrected chi connectivity index (χ2v) is 3.76. The number of hydrogen-bond donors (Lipinski definition) is 1. The number of halogens is 3. The third-order valence-corrected chi connectivity index (χ3v) is 2.11. The summed E-state index contributed by atoms with van der Waals surface area (Å²) in [7, 11) is 1.49. The van der Waals surface area contributed by atoms with Crippen molar-refractivity contribution in [3.8, 4) is 0 Å². The zero-order valence-electron chi connectivity index (χ0n) is 9.91. The van der Waals surface area contributed by atoms with E-state index in [4.69, 9.17) is 4.74 Å². The first-order valence-electron chi connectivity index (χ1n) is 5.17. The normalized spacial score (nSPS) is 13.2. The van der Waals surface area contributed by atoms with E-state index in [1.165, 1.54) is 7.11 Å². The first kappa shape index (κ1) is 14.4. The van der Waals surface area contributed by atoms with Crippen LogP contribution in [0.1, 0.15) is 23.0 Å². The van der Waals surface area contributed by atoms with Crippen LogP contribution in [-0.2, 0) is 10.9 Å². The summed E-state index contributed by atoms with van der Waals surface area (Å²) in [6, 6.07) is 1.63. The lowest BCUT2D eigenvalue weighted by molar-refractivity contribution is -0.141. The zero-order chi connectivity index (χ0) is 13.8. The predicted octanol–water partition coefficient (Wildman–Crippen LogP) is 1.87. The largest absolute Gasteiger partial charge is 0.433 e. The first-order valence-corrected chi connectivity index (χ1v) is 5.17. The fourth-order valence-corrected chi connectivity index (χ4v) is 1.29. The van der Waals surface area contributed by atoms with Crippen molar-refractivity contribution in [2.45, 2.75) is 19.1 Å². The molecular formula is C11H13F3N2O2. The molecule has 18 heavy (non-hydrogen) atoms. The maximum Gasteiger partial charge on any atom is 0.433 e. The van der Waals surface area contributed by atoms with Crippen molar-refractivity contribution < 1.29 is 22.7 Å². The molecule has 0 bridgehead atoms. The zero-order valence-corrected chi connectivity index (χ0v) is 9.91. The van der Waals surface area contributed by atoms with Gasteiger partial charge in [-0.05, 0) is 19.1 Å². The van der Waals surface area contributed by atoms with Crippen LogP contribution in [0.2, 0.25) is 0 Å². The lowest BCUT2D eigenvalue weighted by atomic mass is 10.2. The van der Waals surface area contributed by atoms with Gasteiger partial charge in [-0.3, -0.25) is 9.78 Å². The Balaban J connectivity index is 2.71. The number of nitrogens with zero attached hydrogens (tertiary/aromatic N) is 1. The number of carbonyl (C=O) groups is 1. The third-order valence-electron chi connectivity index (χ3n) is 2.11. The number of methoxy groups -OCH3 is 1. The van der Waals surface area contributed by atoms with E-state index in [-0.39, 0.29) is 11.6 Å². The second-order valence-electron chi connectivity index (χ2n) is 3.76. The van der Waals surface area contributed by atoms with Crippen LogP contribution in [0.15, 0.2) is 18.3 Å². The Morgan fingerprint density at radius 2 is 2.17 bits per heavy atom. The molecule has 0 saturated carbocycles. The van der Waals surface area contributed by atoms with Crippen LogP contribution >= 0.6 is 0 Å². The van der Waals surface area contributed by atoms with Crippen molar-refractivity contribution in [3.05, 3.63) is 29.6 Å². The molecule has 7 heteroatoms. The number of rotatable bonds is 4. The van der Waals surface area contributed by atoms with Gasteiger partial charge in [0.15, 0.2) is 0 Å². The summed E-state index contributed by atoms with van der Waals surface area (Å²) in [5, 5.41) is 2.57. The summed E-state index contributed by atoms with van der Waals surface area (Å²) in [5.41, 5.74) is -0.949. The molecular weight excluding hydrogens is 249 g/mol. The van der Waals surface area contributed by atoms with E-state index < -0.39 is 17.8 Å². The quantitative estimate of drug-likeness (QED) is 0.901. The summed E-state index contributed by atoms with van der Waals surface area (Å²) >= 11 is 0. The van der Waals surface area contributed by atoms with Crippen LogP contribution < -0.4 is 5.32 Å². The number of carbonyl (C=O) groups excluding carboxylic acids is 1. The standard InChI is InChI=1S/C11H13F3N2O2/c1-7(6-18-2)16-10(17)8-3-4-9(15-5-8)11(12,13)14/h3-5,7H,6H2,1-2H3,(H,16,17)/t7-/m0/s1. The second kappa shape index (κ2) is 5.81. The lowest BCUT2D eigenvalue weighted by Gasteiger charge is -2.12. The van der Waals surface area contributed by atoms with Crippen LogP contribution in [0.25, 0.3) is 0 Å². The average molecular weight is 262 g/mol. The van der Waals surface area contributed by atoms with Crippen LogP contribution in [-0.4, -0.2) is 30.6 Å². The van der Waals surface area contributed by atoms with Crippen molar-refractivity contribution in [3.63, 3.8) is 0 Å². The molecule has 1 atom stereocenters. The van der Waals surface area contributed by atoms with E-state index >= 15 is 0 Å². The molecule has 0 aliphatic rings. The van der Waals surface area contributed by atoms with Gasteiger partial charge >= 0.3 is 6.18 Å². The maximum absolute atomic E-state index is 12.3. The molecule has 1 aromatic rings. The van der Waals surface area contributed by atoms with E-state index in [0.29, 0.717) is 6.61 Å². The maximum atomic E-state index is 12.3. The molecule has 1 amide bonds. The average Bonchev–Trinajstić information content (AvgIpc) is 2.28. The number of amides is 1. The van der Waals surface area contributed by atoms with Gasteiger partial charge in [0.1, 0.15) is 5.69 Å². The summed E-state index contributed by atoms with van der Waals surface area (Å²) in [6.45, 7) is 2.04. The minimum atomic E-state index is -4.50. The Morgan fingerprint density at radius 1 is 1.50 bits per heavy atom. The fraction of sp³-hybridized carbons (Fsp3) is 0.455. The van der Waals surface area contributed by atoms with Gasteiger partial charge in [-0.15, -0.1) is 0 Å². The Hall–Kier alpha value is -1.63. The molecule has 1 aromatic heterocycles. The molecule has 0 aromatic carbocycles. The monoisotopic (exact) mass is 262 g/mol. The van der Waals surface area contributed by atoms with Gasteiger partial charge in [0.25, 0.3) is 5.91 Å². The Kier molecular flexibility index (Phi) is 4.66. The number of hydrogen-bond acceptors (Lipinski definition) is 3. The number of nitrogens with one attached hydrogen (secondary N) is 1. The molecule has 1 N–H and O–H groups in total. The van der Waals surface area contributed by atoms with Crippen molar-refractivity contribution in [2.75, 3.05) is 13.7 Å². The van der Waals surface area contributed by atoms with Crippen LogP contribution in [0.5, 0.6) is 0 Å². The number of aromatic nitrogens is 1. The highest BCUT2D eigenvalue weighted by Crippen LogP contribution is 2.27. The molecule has 0 unspecified atom stereocenters. The van der Waals surface area contributed by atoms with Gasteiger partial charge in [0, 0.05) is 19.3 Å². The van der Waals surface area contributed by atoms with Gasteiger partial charge < -0.3 is 10.1 Å².